The Morgan fingerprint density at radius 2 is 2.12 bits per heavy atom. The summed E-state index contributed by atoms with van der Waals surface area (Å²) in [5.74, 6) is 1.37. The predicted octanol–water partition coefficient (Wildman–Crippen LogP) is 1.11. The first-order valence-electron chi connectivity index (χ1n) is 5.74. The van der Waals surface area contributed by atoms with E-state index in [1.54, 1.807) is 12.1 Å². The highest BCUT2D eigenvalue weighted by Gasteiger charge is 2.21. The van der Waals surface area contributed by atoms with Gasteiger partial charge in [0, 0.05) is 17.8 Å². The monoisotopic (exact) mass is 234 g/mol. The van der Waals surface area contributed by atoms with E-state index in [2.05, 4.69) is 10.6 Å². The van der Waals surface area contributed by atoms with Crippen molar-refractivity contribution < 1.29 is 14.3 Å². The molecule has 1 aromatic carbocycles. The Kier molecular flexibility index (Phi) is 2.60. The van der Waals surface area contributed by atoms with Crippen molar-refractivity contribution in [2.45, 2.75) is 18.9 Å². The predicted molar refractivity (Wildman–Crippen MR) is 62.2 cm³/mol. The van der Waals surface area contributed by atoms with E-state index < -0.39 is 0 Å². The molecule has 0 atom stereocenters. The molecule has 1 aliphatic carbocycles. The van der Waals surface area contributed by atoms with Gasteiger partial charge < -0.3 is 20.1 Å². The molecule has 2 aliphatic rings. The van der Waals surface area contributed by atoms with E-state index in [1.807, 2.05) is 6.07 Å². The SMILES string of the molecule is O=C(CNC1CC1)Nc1ccc2c(c1)OCO2. The molecule has 0 spiro atoms. The van der Waals surface area contributed by atoms with Crippen LogP contribution in [0.25, 0.3) is 0 Å². The molecule has 1 amide bonds. The topological polar surface area (TPSA) is 59.6 Å². The number of benzene rings is 1. The lowest BCUT2D eigenvalue weighted by molar-refractivity contribution is -0.115. The molecule has 90 valence electrons. The fourth-order valence-electron chi connectivity index (χ4n) is 1.70. The lowest BCUT2D eigenvalue weighted by atomic mass is 10.3. The maximum atomic E-state index is 11.6. The largest absolute Gasteiger partial charge is 0.454 e. The number of hydrogen-bond donors (Lipinski definition) is 2. The second-order valence-electron chi connectivity index (χ2n) is 4.27. The summed E-state index contributed by atoms with van der Waals surface area (Å²) in [6, 6.07) is 5.92. The average molecular weight is 234 g/mol. The fraction of sp³-hybridized carbons (Fsp3) is 0.417. The Labute approximate surface area is 99.1 Å². The van der Waals surface area contributed by atoms with Crippen molar-refractivity contribution in [3.05, 3.63) is 18.2 Å². The van der Waals surface area contributed by atoms with Crippen LogP contribution in [0.15, 0.2) is 18.2 Å². The quantitative estimate of drug-likeness (QED) is 0.819. The maximum absolute atomic E-state index is 11.6. The van der Waals surface area contributed by atoms with Crippen molar-refractivity contribution in [1.29, 1.82) is 0 Å². The number of carbonyl (C=O) groups is 1. The van der Waals surface area contributed by atoms with Gasteiger partial charge in [0.25, 0.3) is 0 Å². The zero-order chi connectivity index (χ0) is 11.7. The number of nitrogens with one attached hydrogen (secondary N) is 2. The fourth-order valence-corrected chi connectivity index (χ4v) is 1.70. The zero-order valence-electron chi connectivity index (χ0n) is 9.36. The molecule has 17 heavy (non-hydrogen) atoms. The third-order valence-corrected chi connectivity index (χ3v) is 2.78. The highest BCUT2D eigenvalue weighted by Crippen LogP contribution is 2.34. The molecule has 5 heteroatoms. The second kappa shape index (κ2) is 4.25. The van der Waals surface area contributed by atoms with Crippen molar-refractivity contribution in [3.8, 4) is 11.5 Å². The van der Waals surface area contributed by atoms with Crippen molar-refractivity contribution in [1.82, 2.24) is 5.32 Å². The summed E-state index contributed by atoms with van der Waals surface area (Å²) in [4.78, 5) is 11.6. The first-order chi connectivity index (χ1) is 8.31. The van der Waals surface area contributed by atoms with Gasteiger partial charge in [-0.25, -0.2) is 0 Å². The Bertz CT molecular complexity index is 443. The molecule has 2 N–H and O–H groups in total. The summed E-state index contributed by atoms with van der Waals surface area (Å²) in [7, 11) is 0. The van der Waals surface area contributed by atoms with E-state index in [4.69, 9.17) is 9.47 Å². The van der Waals surface area contributed by atoms with E-state index >= 15 is 0 Å². The molecule has 0 saturated heterocycles. The van der Waals surface area contributed by atoms with Crippen LogP contribution in [-0.4, -0.2) is 25.3 Å². The molecular formula is C12H14N2O3. The van der Waals surface area contributed by atoms with E-state index in [-0.39, 0.29) is 12.7 Å². The molecule has 0 aromatic heterocycles. The molecule has 5 nitrogen and oxygen atoms in total. The van der Waals surface area contributed by atoms with Crippen LogP contribution in [-0.2, 0) is 4.79 Å². The molecule has 1 fully saturated rings. The highest BCUT2D eigenvalue weighted by molar-refractivity contribution is 5.92. The summed E-state index contributed by atoms with van der Waals surface area (Å²) < 4.78 is 10.4. The average Bonchev–Trinajstić information content (AvgIpc) is 3.04. The van der Waals surface area contributed by atoms with Gasteiger partial charge >= 0.3 is 0 Å². The lowest BCUT2D eigenvalue weighted by Crippen LogP contribution is -2.29. The highest BCUT2D eigenvalue weighted by atomic mass is 16.7. The molecule has 0 unspecified atom stereocenters. The van der Waals surface area contributed by atoms with Gasteiger partial charge in [0.15, 0.2) is 11.5 Å². The molecule has 3 rings (SSSR count). The van der Waals surface area contributed by atoms with Gasteiger partial charge in [-0.05, 0) is 25.0 Å². The van der Waals surface area contributed by atoms with E-state index in [0.29, 0.717) is 18.3 Å². The van der Waals surface area contributed by atoms with Crippen LogP contribution < -0.4 is 20.1 Å². The Morgan fingerprint density at radius 1 is 1.29 bits per heavy atom. The number of anilines is 1. The van der Waals surface area contributed by atoms with Gasteiger partial charge in [-0.15, -0.1) is 0 Å². The molecule has 0 radical (unpaired) electrons. The van der Waals surface area contributed by atoms with E-state index in [1.165, 1.54) is 12.8 Å². The summed E-state index contributed by atoms with van der Waals surface area (Å²) in [5, 5.41) is 5.98. The van der Waals surface area contributed by atoms with Gasteiger partial charge in [-0.3, -0.25) is 4.79 Å². The summed E-state index contributed by atoms with van der Waals surface area (Å²) in [5.41, 5.74) is 0.733. The van der Waals surface area contributed by atoms with Crippen LogP contribution in [0.3, 0.4) is 0 Å². The Hall–Kier alpha value is -1.75. The van der Waals surface area contributed by atoms with Gasteiger partial charge in [0.1, 0.15) is 0 Å². The lowest BCUT2D eigenvalue weighted by Gasteiger charge is -2.06. The van der Waals surface area contributed by atoms with Crippen LogP contribution in [0.2, 0.25) is 0 Å². The van der Waals surface area contributed by atoms with Crippen molar-refractivity contribution in [3.63, 3.8) is 0 Å². The van der Waals surface area contributed by atoms with Crippen LogP contribution in [0.5, 0.6) is 11.5 Å². The minimum Gasteiger partial charge on any atom is -0.454 e. The van der Waals surface area contributed by atoms with Crippen LogP contribution >= 0.6 is 0 Å². The standard InChI is InChI=1S/C12H14N2O3/c15-12(6-13-8-1-2-8)14-9-3-4-10-11(5-9)17-7-16-10/h3-5,8,13H,1-2,6-7H2,(H,14,15). The van der Waals surface area contributed by atoms with Crippen molar-refractivity contribution in [2.24, 2.45) is 0 Å². The minimum absolute atomic E-state index is 0.0317. The number of hydrogen-bond acceptors (Lipinski definition) is 4. The number of fused-ring (bicyclic) bond motifs is 1. The van der Waals surface area contributed by atoms with E-state index in [9.17, 15) is 4.79 Å². The normalized spacial score (nSPS) is 16.9. The third-order valence-electron chi connectivity index (χ3n) is 2.78. The van der Waals surface area contributed by atoms with Crippen LogP contribution in [0.4, 0.5) is 5.69 Å². The number of ether oxygens (including phenoxy) is 2. The Balaban J connectivity index is 1.58. The molecule has 1 aliphatic heterocycles. The number of amides is 1. The number of rotatable bonds is 4. The molecule has 1 saturated carbocycles. The van der Waals surface area contributed by atoms with Crippen molar-refractivity contribution in [2.75, 3.05) is 18.7 Å². The van der Waals surface area contributed by atoms with Gasteiger partial charge in [0.05, 0.1) is 6.54 Å². The Morgan fingerprint density at radius 3 is 2.94 bits per heavy atom. The second-order valence-corrected chi connectivity index (χ2v) is 4.27. The maximum Gasteiger partial charge on any atom is 0.238 e. The summed E-state index contributed by atoms with van der Waals surface area (Å²) in [6.07, 6.45) is 2.36. The first kappa shape index (κ1) is 10.4. The van der Waals surface area contributed by atoms with Gasteiger partial charge in [-0.2, -0.15) is 0 Å². The molecule has 1 heterocycles. The zero-order valence-corrected chi connectivity index (χ0v) is 9.36. The third kappa shape index (κ3) is 2.50. The van der Waals surface area contributed by atoms with Crippen LogP contribution in [0, 0.1) is 0 Å². The van der Waals surface area contributed by atoms with Gasteiger partial charge in [-0.1, -0.05) is 0 Å². The summed E-state index contributed by atoms with van der Waals surface area (Å²) in [6.45, 7) is 0.606. The molecule has 1 aromatic rings. The summed E-state index contributed by atoms with van der Waals surface area (Å²) >= 11 is 0. The molecular weight excluding hydrogens is 220 g/mol. The van der Waals surface area contributed by atoms with E-state index in [0.717, 1.165) is 11.4 Å². The number of carbonyl (C=O) groups excluding carboxylic acids is 1. The molecule has 0 bridgehead atoms. The van der Waals surface area contributed by atoms with Crippen molar-refractivity contribution >= 4 is 11.6 Å². The van der Waals surface area contributed by atoms with Gasteiger partial charge in [0.2, 0.25) is 12.7 Å². The minimum atomic E-state index is -0.0317. The van der Waals surface area contributed by atoms with Crippen LogP contribution in [0.1, 0.15) is 12.8 Å². The smallest absolute Gasteiger partial charge is 0.238 e. The first-order valence-corrected chi connectivity index (χ1v) is 5.74.